The van der Waals surface area contributed by atoms with Gasteiger partial charge in [-0.05, 0) is 25.9 Å². The number of hydrogen-bond donors (Lipinski definition) is 2. The van der Waals surface area contributed by atoms with Crippen molar-refractivity contribution in [3.63, 3.8) is 0 Å². The molecule has 0 bridgehead atoms. The van der Waals surface area contributed by atoms with Crippen molar-refractivity contribution >= 4 is 0 Å². The maximum Gasteiger partial charge on any atom is 0.00103 e. The second kappa shape index (κ2) is 10.4. The molecule has 0 amide bonds. The van der Waals surface area contributed by atoms with Crippen molar-refractivity contribution < 1.29 is 2.85 Å². The molecule has 2 nitrogen and oxygen atoms in total. The van der Waals surface area contributed by atoms with Gasteiger partial charge in [0.2, 0.25) is 0 Å². The van der Waals surface area contributed by atoms with Gasteiger partial charge >= 0.3 is 0 Å². The van der Waals surface area contributed by atoms with E-state index in [9.17, 15) is 0 Å². The van der Waals surface area contributed by atoms with Crippen molar-refractivity contribution in [1.29, 1.82) is 0 Å². The third kappa shape index (κ3) is 13.9. The zero-order valence-corrected chi connectivity index (χ0v) is 11.1. The van der Waals surface area contributed by atoms with E-state index in [1.807, 2.05) is 0 Å². The summed E-state index contributed by atoms with van der Waals surface area (Å²) in [6.07, 6.45) is 6.80. The zero-order valence-electron chi connectivity index (χ0n) is 11.1. The predicted molar refractivity (Wildman–Crippen MR) is 73.6 cm³/mol. The van der Waals surface area contributed by atoms with E-state index in [4.69, 9.17) is 0 Å². The van der Waals surface area contributed by atoms with Crippen molar-refractivity contribution in [2.75, 3.05) is 13.1 Å². The lowest BCUT2D eigenvalue weighted by atomic mass is 10.1. The van der Waals surface area contributed by atoms with Gasteiger partial charge in [0, 0.05) is 14.9 Å². The molecule has 0 aliphatic rings. The Labute approximate surface area is 99.2 Å². The van der Waals surface area contributed by atoms with Gasteiger partial charge in [-0.25, -0.2) is 0 Å². The summed E-state index contributed by atoms with van der Waals surface area (Å²) in [7, 11) is 0. The standard InChI is InChI=1S/C13H30N2.2H2/c1-12(2)14-10-8-6-5-7-9-11-15-13(3)4;;/h12-15H,5-11H2,1-4H3;2*1H. The van der Waals surface area contributed by atoms with E-state index in [-0.39, 0.29) is 2.85 Å². The van der Waals surface area contributed by atoms with Gasteiger partial charge in [-0.15, -0.1) is 0 Å². The van der Waals surface area contributed by atoms with Crippen LogP contribution in [0.25, 0.3) is 0 Å². The van der Waals surface area contributed by atoms with Crippen LogP contribution < -0.4 is 10.6 Å². The van der Waals surface area contributed by atoms with Crippen LogP contribution in [0.5, 0.6) is 0 Å². The van der Waals surface area contributed by atoms with E-state index in [0.29, 0.717) is 12.1 Å². The Balaban J connectivity index is -0.000000980. The lowest BCUT2D eigenvalue weighted by Crippen LogP contribution is -2.24. The SMILES string of the molecule is CC(C)NCCCCCCCNC(C)C.[HH].[HH]. The minimum absolute atomic E-state index is 0. The number of unbranched alkanes of at least 4 members (excludes halogenated alkanes) is 4. The summed E-state index contributed by atoms with van der Waals surface area (Å²) in [6, 6.07) is 1.28. The highest BCUT2D eigenvalue weighted by Gasteiger charge is 1.94. The van der Waals surface area contributed by atoms with E-state index >= 15 is 0 Å². The third-order valence-electron chi connectivity index (χ3n) is 2.46. The molecule has 0 fully saturated rings. The molecule has 0 rings (SSSR count). The molecule has 2 heteroatoms. The van der Waals surface area contributed by atoms with Crippen LogP contribution in [0, 0.1) is 0 Å². The summed E-state index contributed by atoms with van der Waals surface area (Å²) >= 11 is 0. The molecule has 96 valence electrons. The summed E-state index contributed by atoms with van der Waals surface area (Å²) in [5.74, 6) is 0. The molecule has 15 heavy (non-hydrogen) atoms. The summed E-state index contributed by atoms with van der Waals surface area (Å²) in [5.41, 5.74) is 0. The van der Waals surface area contributed by atoms with Crippen LogP contribution in [0.2, 0.25) is 0 Å². The highest BCUT2D eigenvalue weighted by molar-refractivity contribution is 4.55. The van der Waals surface area contributed by atoms with Crippen LogP contribution in [0.4, 0.5) is 0 Å². The molecular weight excluding hydrogens is 184 g/mol. The third-order valence-corrected chi connectivity index (χ3v) is 2.46. The first-order valence-electron chi connectivity index (χ1n) is 6.59. The van der Waals surface area contributed by atoms with Gasteiger partial charge in [-0.1, -0.05) is 47.0 Å². The van der Waals surface area contributed by atoms with Crippen molar-refractivity contribution in [3.05, 3.63) is 0 Å². The van der Waals surface area contributed by atoms with Crippen LogP contribution in [-0.4, -0.2) is 25.2 Å². The predicted octanol–water partition coefficient (Wildman–Crippen LogP) is 3.42. The molecule has 2 N–H and O–H groups in total. The maximum atomic E-state index is 3.45. The molecule has 0 aliphatic carbocycles. The molecule has 0 unspecified atom stereocenters. The van der Waals surface area contributed by atoms with E-state index in [0.717, 1.165) is 0 Å². The summed E-state index contributed by atoms with van der Waals surface area (Å²) < 4.78 is 0. The van der Waals surface area contributed by atoms with Crippen LogP contribution in [0.1, 0.15) is 62.7 Å². The van der Waals surface area contributed by atoms with Crippen molar-refractivity contribution in [2.45, 2.75) is 71.9 Å². The Bertz CT molecular complexity index is 117. The van der Waals surface area contributed by atoms with Gasteiger partial charge in [0.05, 0.1) is 0 Å². The average molecular weight is 218 g/mol. The lowest BCUT2D eigenvalue weighted by Gasteiger charge is -2.08. The van der Waals surface area contributed by atoms with Gasteiger partial charge in [0.1, 0.15) is 0 Å². The summed E-state index contributed by atoms with van der Waals surface area (Å²) in [4.78, 5) is 0. The Morgan fingerprint density at radius 2 is 1.00 bits per heavy atom. The van der Waals surface area contributed by atoms with E-state index in [1.54, 1.807) is 0 Å². The number of hydrogen-bond acceptors (Lipinski definition) is 2. The first kappa shape index (κ1) is 14.9. The van der Waals surface area contributed by atoms with Crippen LogP contribution in [0.3, 0.4) is 0 Å². The molecule has 0 saturated heterocycles. The molecule has 0 aromatic heterocycles. The molecule has 0 aromatic carbocycles. The Morgan fingerprint density at radius 1 is 0.667 bits per heavy atom. The van der Waals surface area contributed by atoms with Crippen molar-refractivity contribution in [1.82, 2.24) is 10.6 Å². The Kier molecular flexibility index (Phi) is 10.4. The molecular formula is C13H34N2. The second-order valence-electron chi connectivity index (χ2n) is 4.99. The largest absolute Gasteiger partial charge is 0.315 e. The van der Waals surface area contributed by atoms with Gasteiger partial charge in [0.15, 0.2) is 0 Å². The fraction of sp³-hybridized carbons (Fsp3) is 1.00. The van der Waals surface area contributed by atoms with E-state index < -0.39 is 0 Å². The van der Waals surface area contributed by atoms with Crippen molar-refractivity contribution in [2.24, 2.45) is 0 Å². The lowest BCUT2D eigenvalue weighted by molar-refractivity contribution is 0.517. The average Bonchev–Trinajstić information content (AvgIpc) is 2.14. The van der Waals surface area contributed by atoms with Crippen LogP contribution >= 0.6 is 0 Å². The highest BCUT2D eigenvalue weighted by Crippen LogP contribution is 2.01. The Morgan fingerprint density at radius 3 is 1.33 bits per heavy atom. The van der Waals surface area contributed by atoms with Crippen LogP contribution in [-0.2, 0) is 0 Å². The summed E-state index contributed by atoms with van der Waals surface area (Å²) in [5, 5.41) is 6.90. The van der Waals surface area contributed by atoms with Gasteiger partial charge in [-0.3, -0.25) is 0 Å². The van der Waals surface area contributed by atoms with Crippen LogP contribution in [0.15, 0.2) is 0 Å². The van der Waals surface area contributed by atoms with Gasteiger partial charge in [-0.2, -0.15) is 0 Å². The first-order valence-corrected chi connectivity index (χ1v) is 6.59. The number of rotatable bonds is 10. The maximum absolute atomic E-state index is 3.45. The smallest absolute Gasteiger partial charge is 0.00103 e. The topological polar surface area (TPSA) is 24.1 Å². The molecule has 0 aromatic rings. The highest BCUT2D eigenvalue weighted by atomic mass is 14.9. The fourth-order valence-corrected chi connectivity index (χ4v) is 1.56. The summed E-state index contributed by atoms with van der Waals surface area (Å²) in [6.45, 7) is 11.2. The van der Waals surface area contributed by atoms with E-state index in [2.05, 4.69) is 38.3 Å². The first-order chi connectivity index (χ1) is 7.13. The van der Waals surface area contributed by atoms with Gasteiger partial charge < -0.3 is 10.6 Å². The molecule has 0 atom stereocenters. The minimum atomic E-state index is 0. The van der Waals surface area contributed by atoms with Crippen molar-refractivity contribution in [3.8, 4) is 0 Å². The molecule has 0 saturated carbocycles. The molecule has 0 heterocycles. The molecule has 0 aliphatic heterocycles. The zero-order chi connectivity index (χ0) is 11.5. The monoisotopic (exact) mass is 218 g/mol. The normalized spacial score (nSPS) is 11.6. The molecule has 0 spiro atoms. The quantitative estimate of drug-likeness (QED) is 0.549. The fourth-order valence-electron chi connectivity index (χ4n) is 1.56. The minimum Gasteiger partial charge on any atom is -0.315 e. The Hall–Kier alpha value is -0.0800. The van der Waals surface area contributed by atoms with Gasteiger partial charge in [0.25, 0.3) is 0 Å². The second-order valence-corrected chi connectivity index (χ2v) is 4.99. The van der Waals surface area contributed by atoms with E-state index in [1.165, 1.54) is 45.2 Å². The number of nitrogens with one attached hydrogen (secondary N) is 2. The molecule has 0 radical (unpaired) electrons.